The Labute approximate surface area is 188 Å². The van der Waals surface area contributed by atoms with Crippen molar-refractivity contribution in [2.24, 2.45) is 0 Å². The third kappa shape index (κ3) is 4.41. The number of carbonyl (C=O) groups excluding carboxylic acids is 2. The van der Waals surface area contributed by atoms with Crippen LogP contribution in [0.3, 0.4) is 0 Å². The molecule has 154 valence electrons. The van der Waals surface area contributed by atoms with E-state index in [1.165, 1.54) is 30.8 Å². The van der Waals surface area contributed by atoms with Crippen LogP contribution in [0.5, 0.6) is 5.75 Å². The molecule has 1 fully saturated rings. The van der Waals surface area contributed by atoms with E-state index in [0.29, 0.717) is 27.9 Å². The van der Waals surface area contributed by atoms with Crippen LogP contribution >= 0.6 is 35.0 Å². The summed E-state index contributed by atoms with van der Waals surface area (Å²) in [5, 5.41) is 12.6. The Balaban J connectivity index is 2.05. The highest BCUT2D eigenvalue weighted by Gasteiger charge is 2.40. The largest absolute Gasteiger partial charge is 0.497 e. The summed E-state index contributed by atoms with van der Waals surface area (Å²) < 4.78 is 5.25. The molecule has 1 aliphatic heterocycles. The van der Waals surface area contributed by atoms with Gasteiger partial charge in [-0.05, 0) is 36.2 Å². The molecule has 0 radical (unpaired) electrons. The molecule has 2 amide bonds. The highest BCUT2D eigenvalue weighted by Crippen LogP contribution is 2.42. The number of hydrogen-bond acceptors (Lipinski definition) is 5. The number of amides is 2. The SMILES string of the molecule is CNC(=O)/C(C#N)=C1\S[C@H](Cc2ccc(Cl)c(Cl)c2)C(=O)N1c1cccc(OC)c1. The van der Waals surface area contributed by atoms with E-state index < -0.39 is 11.2 Å². The predicted octanol–water partition coefficient (Wildman–Crippen LogP) is 4.17. The van der Waals surface area contributed by atoms with Crippen molar-refractivity contribution >= 4 is 52.5 Å². The van der Waals surface area contributed by atoms with Crippen molar-refractivity contribution in [2.75, 3.05) is 19.1 Å². The monoisotopic (exact) mass is 461 g/mol. The zero-order valence-corrected chi connectivity index (χ0v) is 18.4. The van der Waals surface area contributed by atoms with Crippen LogP contribution in [0.15, 0.2) is 53.1 Å². The van der Waals surface area contributed by atoms with E-state index in [9.17, 15) is 14.9 Å². The fourth-order valence-electron chi connectivity index (χ4n) is 2.98. The van der Waals surface area contributed by atoms with Crippen LogP contribution in [0.2, 0.25) is 10.0 Å². The smallest absolute Gasteiger partial charge is 0.264 e. The molecule has 6 nitrogen and oxygen atoms in total. The lowest BCUT2D eigenvalue weighted by atomic mass is 10.1. The number of nitrogens with one attached hydrogen (secondary N) is 1. The van der Waals surface area contributed by atoms with Gasteiger partial charge in [-0.3, -0.25) is 14.5 Å². The molecule has 0 unspecified atom stereocenters. The number of carbonyl (C=O) groups is 2. The van der Waals surface area contributed by atoms with E-state index >= 15 is 0 Å². The third-order valence-corrected chi connectivity index (χ3v) is 6.45. The summed E-state index contributed by atoms with van der Waals surface area (Å²) in [4.78, 5) is 27.0. The van der Waals surface area contributed by atoms with Gasteiger partial charge in [0.2, 0.25) is 5.91 Å². The van der Waals surface area contributed by atoms with Gasteiger partial charge < -0.3 is 10.1 Å². The Morgan fingerprint density at radius 1 is 1.27 bits per heavy atom. The molecule has 0 spiro atoms. The Hall–Kier alpha value is -2.66. The minimum absolute atomic E-state index is 0.129. The number of nitrogens with zero attached hydrogens (tertiary/aromatic N) is 2. The maximum absolute atomic E-state index is 13.3. The van der Waals surface area contributed by atoms with Crippen LogP contribution in [0.25, 0.3) is 0 Å². The van der Waals surface area contributed by atoms with E-state index in [4.69, 9.17) is 27.9 Å². The Morgan fingerprint density at radius 3 is 2.67 bits per heavy atom. The minimum Gasteiger partial charge on any atom is -0.497 e. The molecule has 0 aromatic heterocycles. The maximum Gasteiger partial charge on any atom is 0.264 e. The molecule has 2 aromatic carbocycles. The lowest BCUT2D eigenvalue weighted by Gasteiger charge is -2.19. The maximum atomic E-state index is 13.3. The van der Waals surface area contributed by atoms with Crippen molar-refractivity contribution < 1.29 is 14.3 Å². The summed E-state index contributed by atoms with van der Waals surface area (Å²) >= 11 is 13.3. The molecular formula is C21H17Cl2N3O3S. The zero-order chi connectivity index (χ0) is 21.8. The van der Waals surface area contributed by atoms with Gasteiger partial charge in [0.05, 0.1) is 28.1 Å². The quantitative estimate of drug-likeness (QED) is 0.533. The van der Waals surface area contributed by atoms with E-state index in [2.05, 4.69) is 5.32 Å². The first kappa shape index (κ1) is 22.0. The Morgan fingerprint density at radius 2 is 2.03 bits per heavy atom. The second-order valence-electron chi connectivity index (χ2n) is 6.31. The molecule has 0 bridgehead atoms. The molecule has 1 heterocycles. The lowest BCUT2D eigenvalue weighted by Crippen LogP contribution is -2.31. The Bertz CT molecular complexity index is 1080. The number of benzene rings is 2. The number of nitriles is 1. The first-order chi connectivity index (χ1) is 14.4. The van der Waals surface area contributed by atoms with Gasteiger partial charge in [0.25, 0.3) is 5.91 Å². The molecule has 0 saturated carbocycles. The normalized spacial score (nSPS) is 17.5. The first-order valence-electron chi connectivity index (χ1n) is 8.84. The number of halogens is 2. The predicted molar refractivity (Wildman–Crippen MR) is 119 cm³/mol. The molecule has 0 aliphatic carbocycles. The molecule has 1 N–H and O–H groups in total. The lowest BCUT2D eigenvalue weighted by molar-refractivity contribution is -0.117. The molecule has 2 aromatic rings. The topological polar surface area (TPSA) is 82.4 Å². The van der Waals surface area contributed by atoms with Gasteiger partial charge >= 0.3 is 0 Å². The zero-order valence-electron chi connectivity index (χ0n) is 16.1. The van der Waals surface area contributed by atoms with Gasteiger partial charge in [0.15, 0.2) is 0 Å². The molecular weight excluding hydrogens is 445 g/mol. The van der Waals surface area contributed by atoms with E-state index in [0.717, 1.165) is 5.56 Å². The average Bonchev–Trinajstić information content (AvgIpc) is 3.06. The standard InChI is InChI=1S/C21H17Cl2N3O3S/c1-25-19(27)15(11-24)21-26(13-4-3-5-14(10-13)29-2)20(28)18(30-21)9-12-6-7-16(22)17(23)8-12/h3-8,10,18H,9H2,1-2H3,(H,25,27)/b21-15-/t18-/m1/s1. The van der Waals surface area contributed by atoms with Crippen LogP contribution in [-0.4, -0.2) is 31.2 Å². The number of methoxy groups -OCH3 is 1. The van der Waals surface area contributed by atoms with Crippen LogP contribution in [-0.2, 0) is 16.0 Å². The summed E-state index contributed by atoms with van der Waals surface area (Å²) in [6, 6.07) is 14.0. The third-order valence-electron chi connectivity index (χ3n) is 4.45. The number of thioether (sulfide) groups is 1. The van der Waals surface area contributed by atoms with Crippen molar-refractivity contribution in [2.45, 2.75) is 11.7 Å². The highest BCUT2D eigenvalue weighted by molar-refractivity contribution is 8.05. The second-order valence-corrected chi connectivity index (χ2v) is 8.31. The number of likely N-dealkylation sites (N-methyl/N-ethyl adjacent to an activating group) is 1. The first-order valence-corrected chi connectivity index (χ1v) is 10.5. The fourth-order valence-corrected chi connectivity index (χ4v) is 4.61. The van der Waals surface area contributed by atoms with Crippen LogP contribution < -0.4 is 15.0 Å². The van der Waals surface area contributed by atoms with Gasteiger partial charge in [0, 0.05) is 13.1 Å². The molecule has 1 atom stereocenters. The molecule has 30 heavy (non-hydrogen) atoms. The van der Waals surface area contributed by atoms with Gasteiger partial charge in [-0.2, -0.15) is 5.26 Å². The van der Waals surface area contributed by atoms with Crippen molar-refractivity contribution in [1.82, 2.24) is 5.32 Å². The average molecular weight is 462 g/mol. The van der Waals surface area contributed by atoms with Crippen LogP contribution in [0.1, 0.15) is 5.56 Å². The van der Waals surface area contributed by atoms with E-state index in [1.807, 2.05) is 6.07 Å². The Kier molecular flexibility index (Phi) is 6.93. The molecule has 1 aliphatic rings. The van der Waals surface area contributed by atoms with Crippen LogP contribution in [0.4, 0.5) is 5.69 Å². The number of anilines is 1. The number of hydrogen-bond donors (Lipinski definition) is 1. The van der Waals surface area contributed by atoms with Crippen molar-refractivity contribution in [1.29, 1.82) is 5.26 Å². The van der Waals surface area contributed by atoms with Gasteiger partial charge in [-0.1, -0.05) is 47.1 Å². The van der Waals surface area contributed by atoms with Gasteiger partial charge in [0.1, 0.15) is 22.4 Å². The van der Waals surface area contributed by atoms with Crippen LogP contribution in [0, 0.1) is 11.3 Å². The molecule has 3 rings (SSSR count). The minimum atomic E-state index is -0.559. The van der Waals surface area contributed by atoms with Crippen molar-refractivity contribution in [3.63, 3.8) is 0 Å². The summed E-state index contributed by atoms with van der Waals surface area (Å²) in [5.74, 6) is -0.252. The van der Waals surface area contributed by atoms with Crippen molar-refractivity contribution in [3.8, 4) is 11.8 Å². The second kappa shape index (κ2) is 9.43. The number of rotatable bonds is 5. The fraction of sp³-hybridized carbons (Fsp3) is 0.190. The number of ether oxygens (including phenoxy) is 1. The van der Waals surface area contributed by atoms with Crippen molar-refractivity contribution in [3.05, 3.63) is 68.7 Å². The summed E-state index contributed by atoms with van der Waals surface area (Å²) in [6.07, 6.45) is 0.358. The van der Waals surface area contributed by atoms with E-state index in [1.54, 1.807) is 42.5 Å². The molecule has 1 saturated heterocycles. The highest BCUT2D eigenvalue weighted by atomic mass is 35.5. The summed E-state index contributed by atoms with van der Waals surface area (Å²) in [5.41, 5.74) is 1.20. The summed E-state index contributed by atoms with van der Waals surface area (Å²) in [6.45, 7) is 0. The van der Waals surface area contributed by atoms with Gasteiger partial charge in [-0.15, -0.1) is 0 Å². The summed E-state index contributed by atoms with van der Waals surface area (Å²) in [7, 11) is 2.96. The van der Waals surface area contributed by atoms with E-state index in [-0.39, 0.29) is 16.5 Å². The van der Waals surface area contributed by atoms with Gasteiger partial charge in [-0.25, -0.2) is 0 Å². The molecule has 9 heteroatoms.